The van der Waals surface area contributed by atoms with Gasteiger partial charge >= 0.3 is 0 Å². The Morgan fingerprint density at radius 2 is 2.38 bits per heavy atom. The van der Waals surface area contributed by atoms with Crippen molar-refractivity contribution in [3.05, 3.63) is 29.6 Å². The van der Waals surface area contributed by atoms with E-state index in [-0.39, 0.29) is 5.91 Å². The van der Waals surface area contributed by atoms with Crippen LogP contribution < -0.4 is 5.32 Å². The number of nitrogens with zero attached hydrogens (tertiary/aromatic N) is 2. The van der Waals surface area contributed by atoms with Crippen LogP contribution in [-0.2, 0) is 0 Å². The van der Waals surface area contributed by atoms with Gasteiger partial charge in [-0.3, -0.25) is 4.79 Å². The maximum absolute atomic E-state index is 12.1. The van der Waals surface area contributed by atoms with Crippen LogP contribution in [0.5, 0.6) is 0 Å². The summed E-state index contributed by atoms with van der Waals surface area (Å²) >= 11 is 0. The van der Waals surface area contributed by atoms with Crippen molar-refractivity contribution in [3.8, 4) is 0 Å². The lowest BCUT2D eigenvalue weighted by Crippen LogP contribution is -2.33. The van der Waals surface area contributed by atoms with Gasteiger partial charge in [-0.1, -0.05) is 6.07 Å². The van der Waals surface area contributed by atoms with Gasteiger partial charge in [0, 0.05) is 24.8 Å². The van der Waals surface area contributed by atoms with Gasteiger partial charge < -0.3 is 10.2 Å². The fourth-order valence-corrected chi connectivity index (χ4v) is 2.00. The first kappa shape index (κ1) is 11.1. The van der Waals surface area contributed by atoms with Crippen LogP contribution in [0, 0.1) is 6.92 Å². The number of hydrogen-bond acceptors (Lipinski definition) is 3. The Bertz CT molecular complexity index is 392. The van der Waals surface area contributed by atoms with Crippen LogP contribution in [0.15, 0.2) is 18.2 Å². The minimum Gasteiger partial charge on any atom is -0.336 e. The van der Waals surface area contributed by atoms with Gasteiger partial charge in [-0.25, -0.2) is 4.98 Å². The lowest BCUT2D eigenvalue weighted by atomic mass is 10.3. The van der Waals surface area contributed by atoms with Crippen LogP contribution in [0.2, 0.25) is 0 Å². The third kappa shape index (κ3) is 2.22. The topological polar surface area (TPSA) is 45.2 Å². The first-order valence-corrected chi connectivity index (χ1v) is 5.61. The molecule has 86 valence electrons. The Kier molecular flexibility index (Phi) is 3.19. The van der Waals surface area contributed by atoms with Gasteiger partial charge in [0.05, 0.1) is 0 Å². The minimum atomic E-state index is 0.0430. The molecular weight excluding hydrogens is 202 g/mol. The molecule has 16 heavy (non-hydrogen) atoms. The fourth-order valence-electron chi connectivity index (χ4n) is 2.00. The van der Waals surface area contributed by atoms with E-state index in [4.69, 9.17) is 0 Å². The molecule has 4 nitrogen and oxygen atoms in total. The molecule has 1 N–H and O–H groups in total. The second kappa shape index (κ2) is 4.61. The zero-order valence-electron chi connectivity index (χ0n) is 9.73. The van der Waals surface area contributed by atoms with Crippen molar-refractivity contribution in [3.63, 3.8) is 0 Å². The number of likely N-dealkylation sites (tertiary alicyclic amines) is 1. The SMILES string of the molecule is CNC1CCN(C(=O)c2cccc(C)n2)C1. The molecule has 1 aromatic heterocycles. The average molecular weight is 219 g/mol. The number of pyridine rings is 1. The zero-order valence-corrected chi connectivity index (χ0v) is 9.73. The quantitative estimate of drug-likeness (QED) is 0.801. The number of rotatable bonds is 2. The third-order valence-electron chi connectivity index (χ3n) is 2.99. The highest BCUT2D eigenvalue weighted by atomic mass is 16.2. The highest BCUT2D eigenvalue weighted by Gasteiger charge is 2.26. The smallest absolute Gasteiger partial charge is 0.272 e. The third-order valence-corrected chi connectivity index (χ3v) is 2.99. The number of carbonyl (C=O) groups excluding carboxylic acids is 1. The van der Waals surface area contributed by atoms with E-state index in [1.807, 2.05) is 31.0 Å². The van der Waals surface area contributed by atoms with Gasteiger partial charge in [-0.15, -0.1) is 0 Å². The largest absolute Gasteiger partial charge is 0.336 e. The van der Waals surface area contributed by atoms with Gasteiger partial charge in [-0.05, 0) is 32.5 Å². The van der Waals surface area contributed by atoms with E-state index in [9.17, 15) is 4.79 Å². The summed E-state index contributed by atoms with van der Waals surface area (Å²) in [6.07, 6.45) is 1.02. The maximum atomic E-state index is 12.1. The fraction of sp³-hybridized carbons (Fsp3) is 0.500. The van der Waals surface area contributed by atoms with Crippen LogP contribution in [0.3, 0.4) is 0 Å². The summed E-state index contributed by atoms with van der Waals surface area (Å²) in [7, 11) is 1.93. The van der Waals surface area contributed by atoms with Gasteiger partial charge in [0.15, 0.2) is 0 Å². The number of carbonyl (C=O) groups is 1. The Balaban J connectivity index is 2.08. The summed E-state index contributed by atoms with van der Waals surface area (Å²) in [5.74, 6) is 0.0430. The lowest BCUT2D eigenvalue weighted by Gasteiger charge is -2.15. The molecule has 4 heteroatoms. The monoisotopic (exact) mass is 219 g/mol. The van der Waals surface area contributed by atoms with Crippen molar-refractivity contribution in [1.82, 2.24) is 15.2 Å². The van der Waals surface area contributed by atoms with Gasteiger partial charge in [0.2, 0.25) is 0 Å². The van der Waals surface area contributed by atoms with E-state index in [2.05, 4.69) is 10.3 Å². The Morgan fingerprint density at radius 3 is 3.00 bits per heavy atom. The first-order valence-electron chi connectivity index (χ1n) is 5.61. The van der Waals surface area contributed by atoms with Crippen molar-refractivity contribution < 1.29 is 4.79 Å². The molecule has 0 spiro atoms. The molecule has 2 heterocycles. The molecule has 0 aromatic carbocycles. The number of nitrogens with one attached hydrogen (secondary N) is 1. The Labute approximate surface area is 95.7 Å². The molecule has 0 aliphatic carbocycles. The van der Waals surface area contributed by atoms with Crippen LogP contribution in [0.4, 0.5) is 0 Å². The number of aryl methyl sites for hydroxylation is 1. The van der Waals surface area contributed by atoms with Gasteiger partial charge in [0.1, 0.15) is 5.69 Å². The summed E-state index contributed by atoms with van der Waals surface area (Å²) in [5, 5.41) is 3.20. The summed E-state index contributed by atoms with van der Waals surface area (Å²) in [5.41, 5.74) is 1.44. The molecule has 1 amide bonds. The molecular formula is C12H17N3O. The highest BCUT2D eigenvalue weighted by Crippen LogP contribution is 2.12. The predicted octanol–water partition coefficient (Wildman–Crippen LogP) is 0.824. The summed E-state index contributed by atoms with van der Waals surface area (Å²) in [6.45, 7) is 3.50. The molecule has 1 fully saturated rings. The number of likely N-dealkylation sites (N-methyl/N-ethyl adjacent to an activating group) is 1. The second-order valence-corrected chi connectivity index (χ2v) is 4.19. The van der Waals surface area contributed by atoms with E-state index >= 15 is 0 Å². The number of aromatic nitrogens is 1. The Morgan fingerprint density at radius 1 is 1.56 bits per heavy atom. The van der Waals surface area contributed by atoms with Crippen LogP contribution in [0.1, 0.15) is 22.6 Å². The van der Waals surface area contributed by atoms with Crippen LogP contribution >= 0.6 is 0 Å². The van der Waals surface area contributed by atoms with E-state index in [0.29, 0.717) is 11.7 Å². The lowest BCUT2D eigenvalue weighted by molar-refractivity contribution is 0.0783. The molecule has 1 aromatic rings. The van der Waals surface area contributed by atoms with Gasteiger partial charge in [-0.2, -0.15) is 0 Å². The second-order valence-electron chi connectivity index (χ2n) is 4.19. The van der Waals surface area contributed by atoms with E-state index in [1.165, 1.54) is 0 Å². The van der Waals surface area contributed by atoms with Crippen molar-refractivity contribution in [2.24, 2.45) is 0 Å². The van der Waals surface area contributed by atoms with Crippen molar-refractivity contribution in [1.29, 1.82) is 0 Å². The standard InChI is InChI=1S/C12H17N3O/c1-9-4-3-5-11(14-9)12(16)15-7-6-10(8-15)13-2/h3-5,10,13H,6-8H2,1-2H3. The normalized spacial score (nSPS) is 20.1. The first-order chi connectivity index (χ1) is 7.70. The maximum Gasteiger partial charge on any atom is 0.272 e. The molecule has 1 aliphatic rings. The van der Waals surface area contributed by atoms with E-state index < -0.39 is 0 Å². The van der Waals surface area contributed by atoms with E-state index in [0.717, 1.165) is 25.2 Å². The zero-order chi connectivity index (χ0) is 11.5. The molecule has 0 saturated carbocycles. The summed E-state index contributed by atoms with van der Waals surface area (Å²) in [6, 6.07) is 5.98. The van der Waals surface area contributed by atoms with Crippen LogP contribution in [-0.4, -0.2) is 42.0 Å². The number of amides is 1. The molecule has 2 rings (SSSR count). The molecule has 0 radical (unpaired) electrons. The minimum absolute atomic E-state index is 0.0430. The van der Waals surface area contributed by atoms with Crippen LogP contribution in [0.25, 0.3) is 0 Å². The van der Waals surface area contributed by atoms with Gasteiger partial charge in [0.25, 0.3) is 5.91 Å². The number of hydrogen-bond donors (Lipinski definition) is 1. The molecule has 0 bridgehead atoms. The molecule has 1 atom stereocenters. The molecule has 1 aliphatic heterocycles. The Hall–Kier alpha value is -1.42. The summed E-state index contributed by atoms with van der Waals surface area (Å²) < 4.78 is 0. The van der Waals surface area contributed by atoms with E-state index in [1.54, 1.807) is 6.07 Å². The highest BCUT2D eigenvalue weighted by molar-refractivity contribution is 5.92. The van der Waals surface area contributed by atoms with Crippen molar-refractivity contribution in [2.75, 3.05) is 20.1 Å². The molecule has 1 saturated heterocycles. The predicted molar refractivity (Wildman–Crippen MR) is 62.3 cm³/mol. The summed E-state index contributed by atoms with van der Waals surface area (Å²) in [4.78, 5) is 18.2. The molecule has 1 unspecified atom stereocenters. The average Bonchev–Trinajstić information content (AvgIpc) is 2.76. The van der Waals surface area contributed by atoms with Crippen molar-refractivity contribution >= 4 is 5.91 Å². The van der Waals surface area contributed by atoms with Crippen molar-refractivity contribution in [2.45, 2.75) is 19.4 Å².